The van der Waals surface area contributed by atoms with Gasteiger partial charge in [0.05, 0.1) is 18.1 Å². The van der Waals surface area contributed by atoms with Crippen LogP contribution in [0.4, 0.5) is 5.13 Å². The van der Waals surface area contributed by atoms with Crippen molar-refractivity contribution >= 4 is 27.5 Å². The molecule has 0 saturated carbocycles. The first-order valence-corrected chi connectivity index (χ1v) is 5.89. The monoisotopic (exact) mass is 246 g/mol. The average molecular weight is 246 g/mol. The zero-order chi connectivity index (χ0) is 11.8. The Morgan fingerprint density at radius 2 is 2.24 bits per heavy atom. The summed E-state index contributed by atoms with van der Waals surface area (Å²) >= 11 is 1.40. The van der Waals surface area contributed by atoms with Gasteiger partial charge in [0, 0.05) is 11.4 Å². The molecule has 3 N–H and O–H groups in total. The second kappa shape index (κ2) is 3.74. The van der Waals surface area contributed by atoms with E-state index in [1.165, 1.54) is 11.3 Å². The predicted molar refractivity (Wildman–Crippen MR) is 68.2 cm³/mol. The van der Waals surface area contributed by atoms with Gasteiger partial charge in [-0.05, 0) is 12.1 Å². The molecule has 0 spiro atoms. The van der Waals surface area contributed by atoms with Crippen LogP contribution in [0.1, 0.15) is 0 Å². The minimum Gasteiger partial charge on any atom is -0.497 e. The Kier molecular flexibility index (Phi) is 2.22. The van der Waals surface area contributed by atoms with E-state index in [9.17, 15) is 0 Å². The van der Waals surface area contributed by atoms with Crippen molar-refractivity contribution in [1.82, 2.24) is 15.0 Å². The second-order valence-corrected chi connectivity index (χ2v) is 4.43. The molecule has 0 atom stereocenters. The number of H-pyrrole nitrogens is 1. The van der Waals surface area contributed by atoms with Crippen molar-refractivity contribution in [1.29, 1.82) is 0 Å². The Bertz CT molecular complexity index is 673. The number of nitrogens with two attached hydrogens (primary N) is 1. The van der Waals surface area contributed by atoms with Crippen LogP contribution in [-0.4, -0.2) is 22.1 Å². The van der Waals surface area contributed by atoms with E-state index in [0.29, 0.717) is 5.13 Å². The molecule has 5 nitrogen and oxygen atoms in total. The molecule has 0 aliphatic carbocycles. The number of hydrogen-bond donors (Lipinski definition) is 2. The third-order valence-electron chi connectivity index (χ3n) is 2.45. The molecule has 0 aliphatic rings. The van der Waals surface area contributed by atoms with Gasteiger partial charge in [0.2, 0.25) is 0 Å². The highest BCUT2D eigenvalue weighted by Crippen LogP contribution is 2.25. The lowest BCUT2D eigenvalue weighted by Crippen LogP contribution is -1.84. The van der Waals surface area contributed by atoms with E-state index >= 15 is 0 Å². The minimum atomic E-state index is 0.540. The number of aromatic amines is 1. The van der Waals surface area contributed by atoms with E-state index in [1.54, 1.807) is 7.11 Å². The topological polar surface area (TPSA) is 76.8 Å². The van der Waals surface area contributed by atoms with Crippen LogP contribution in [-0.2, 0) is 0 Å². The summed E-state index contributed by atoms with van der Waals surface area (Å²) in [5, 5.41) is 2.42. The molecule has 17 heavy (non-hydrogen) atoms. The lowest BCUT2D eigenvalue weighted by atomic mass is 10.3. The molecule has 0 aliphatic heterocycles. The van der Waals surface area contributed by atoms with Gasteiger partial charge in [0.15, 0.2) is 11.0 Å². The Labute approximate surface area is 101 Å². The summed E-state index contributed by atoms with van der Waals surface area (Å²) in [6, 6.07) is 5.69. The van der Waals surface area contributed by atoms with Crippen LogP contribution in [0.5, 0.6) is 5.75 Å². The van der Waals surface area contributed by atoms with Crippen LogP contribution in [0.2, 0.25) is 0 Å². The van der Waals surface area contributed by atoms with E-state index in [-0.39, 0.29) is 0 Å². The summed E-state index contributed by atoms with van der Waals surface area (Å²) in [5.41, 5.74) is 8.17. The fourth-order valence-corrected chi connectivity index (χ4v) is 2.18. The fraction of sp³-hybridized carbons (Fsp3) is 0.0909. The summed E-state index contributed by atoms with van der Waals surface area (Å²) in [6.07, 6.45) is 0. The van der Waals surface area contributed by atoms with Crippen molar-refractivity contribution in [2.75, 3.05) is 12.8 Å². The molecule has 1 aromatic carbocycles. The molecule has 0 fully saturated rings. The molecule has 3 aromatic rings. The number of benzene rings is 1. The minimum absolute atomic E-state index is 0.540. The number of hydrogen-bond acceptors (Lipinski definition) is 5. The van der Waals surface area contributed by atoms with Crippen molar-refractivity contribution < 1.29 is 4.74 Å². The second-order valence-electron chi connectivity index (χ2n) is 3.54. The summed E-state index contributed by atoms with van der Waals surface area (Å²) < 4.78 is 5.16. The number of fused-ring (bicyclic) bond motifs is 1. The Morgan fingerprint density at radius 1 is 1.35 bits per heavy atom. The van der Waals surface area contributed by atoms with Gasteiger partial charge in [-0.1, -0.05) is 0 Å². The van der Waals surface area contributed by atoms with Crippen LogP contribution >= 0.6 is 11.3 Å². The first kappa shape index (κ1) is 10.1. The number of imidazole rings is 1. The molecule has 86 valence electrons. The largest absolute Gasteiger partial charge is 0.497 e. The molecule has 0 bridgehead atoms. The molecule has 0 radical (unpaired) electrons. The summed E-state index contributed by atoms with van der Waals surface area (Å²) in [6.45, 7) is 0. The number of nitrogens with one attached hydrogen (secondary N) is 1. The normalized spacial score (nSPS) is 10.9. The van der Waals surface area contributed by atoms with E-state index in [0.717, 1.165) is 28.3 Å². The van der Waals surface area contributed by atoms with E-state index < -0.39 is 0 Å². The number of rotatable bonds is 2. The van der Waals surface area contributed by atoms with E-state index in [4.69, 9.17) is 10.5 Å². The number of nitrogens with zero attached hydrogens (tertiary/aromatic N) is 2. The zero-order valence-electron chi connectivity index (χ0n) is 9.10. The van der Waals surface area contributed by atoms with Gasteiger partial charge in [-0.3, -0.25) is 0 Å². The lowest BCUT2D eigenvalue weighted by molar-refractivity contribution is 0.415. The zero-order valence-corrected chi connectivity index (χ0v) is 9.91. The maximum absolute atomic E-state index is 5.60. The van der Waals surface area contributed by atoms with E-state index in [1.807, 2.05) is 23.6 Å². The number of anilines is 1. The molecule has 3 rings (SSSR count). The van der Waals surface area contributed by atoms with Gasteiger partial charge in [-0.25, -0.2) is 9.97 Å². The summed E-state index contributed by atoms with van der Waals surface area (Å²) in [5.74, 6) is 1.52. The van der Waals surface area contributed by atoms with Crippen molar-refractivity contribution in [3.05, 3.63) is 23.6 Å². The molecule has 6 heteroatoms. The van der Waals surface area contributed by atoms with Crippen molar-refractivity contribution in [3.63, 3.8) is 0 Å². The predicted octanol–water partition coefficient (Wildman–Crippen LogP) is 2.28. The maximum Gasteiger partial charge on any atom is 0.180 e. The molecule has 0 unspecified atom stereocenters. The highest BCUT2D eigenvalue weighted by atomic mass is 32.1. The van der Waals surface area contributed by atoms with Gasteiger partial charge >= 0.3 is 0 Å². The van der Waals surface area contributed by atoms with Gasteiger partial charge < -0.3 is 15.5 Å². The maximum atomic E-state index is 5.60. The number of aromatic nitrogens is 3. The highest BCUT2D eigenvalue weighted by molar-refractivity contribution is 7.13. The van der Waals surface area contributed by atoms with Gasteiger partial charge in [-0.2, -0.15) is 0 Å². The van der Waals surface area contributed by atoms with Gasteiger partial charge in [-0.15, -0.1) is 11.3 Å². The number of methoxy groups -OCH3 is 1. The molecular formula is C11H10N4OS. The van der Waals surface area contributed by atoms with Crippen molar-refractivity contribution in [2.24, 2.45) is 0 Å². The molecule has 2 heterocycles. The van der Waals surface area contributed by atoms with Crippen molar-refractivity contribution in [2.45, 2.75) is 0 Å². The van der Waals surface area contributed by atoms with E-state index in [2.05, 4.69) is 15.0 Å². The molecular weight excluding hydrogens is 236 g/mol. The van der Waals surface area contributed by atoms with Crippen LogP contribution < -0.4 is 10.5 Å². The van der Waals surface area contributed by atoms with Gasteiger partial charge in [0.25, 0.3) is 0 Å². The molecule has 0 saturated heterocycles. The van der Waals surface area contributed by atoms with Crippen LogP contribution in [0.3, 0.4) is 0 Å². The Hall–Kier alpha value is -2.08. The number of ether oxygens (including phenoxy) is 1. The summed E-state index contributed by atoms with van der Waals surface area (Å²) in [4.78, 5) is 11.8. The molecule has 2 aromatic heterocycles. The quantitative estimate of drug-likeness (QED) is 0.727. The van der Waals surface area contributed by atoms with Crippen LogP contribution in [0.25, 0.3) is 22.6 Å². The SMILES string of the molecule is COc1ccc2nc(-c3csc(N)n3)[nH]c2c1. The number of thiazole rings is 1. The third-order valence-corrected chi connectivity index (χ3v) is 3.13. The van der Waals surface area contributed by atoms with Crippen LogP contribution in [0.15, 0.2) is 23.6 Å². The smallest absolute Gasteiger partial charge is 0.180 e. The number of nitrogen functional groups attached to an aromatic ring is 1. The van der Waals surface area contributed by atoms with Gasteiger partial charge in [0.1, 0.15) is 11.4 Å². The lowest BCUT2D eigenvalue weighted by Gasteiger charge is -1.96. The van der Waals surface area contributed by atoms with Crippen LogP contribution in [0, 0.1) is 0 Å². The first-order valence-electron chi connectivity index (χ1n) is 5.01. The first-order chi connectivity index (χ1) is 8.26. The Morgan fingerprint density at radius 3 is 2.94 bits per heavy atom. The fourth-order valence-electron chi connectivity index (χ4n) is 1.63. The standard InChI is InChI=1S/C11H10N4OS/c1-16-6-2-3-7-8(4-6)14-10(13-7)9-5-17-11(12)15-9/h2-5H,1H3,(H2,12,15)(H,13,14). The van der Waals surface area contributed by atoms with Crippen molar-refractivity contribution in [3.8, 4) is 17.3 Å². The average Bonchev–Trinajstić information content (AvgIpc) is 2.93. The summed E-state index contributed by atoms with van der Waals surface area (Å²) in [7, 11) is 1.64. The third kappa shape index (κ3) is 1.72. The molecule has 0 amide bonds. The Balaban J connectivity index is 2.13. The highest BCUT2D eigenvalue weighted by Gasteiger charge is 2.08.